The molecule has 1 saturated carbocycles. The van der Waals surface area contributed by atoms with Crippen molar-refractivity contribution in [3.63, 3.8) is 0 Å². The molecule has 118 valence electrons. The van der Waals surface area contributed by atoms with E-state index >= 15 is 0 Å². The zero-order chi connectivity index (χ0) is 15.0. The van der Waals surface area contributed by atoms with Crippen LogP contribution in [0.5, 0.6) is 0 Å². The van der Waals surface area contributed by atoms with Gasteiger partial charge in [-0.3, -0.25) is 4.79 Å². The third-order valence-electron chi connectivity index (χ3n) is 5.74. The zero-order valence-corrected chi connectivity index (χ0v) is 13.3. The van der Waals surface area contributed by atoms with E-state index in [-0.39, 0.29) is 11.9 Å². The highest BCUT2D eigenvalue weighted by Crippen LogP contribution is 2.35. The molecule has 0 atom stereocenters. The van der Waals surface area contributed by atoms with Gasteiger partial charge in [-0.15, -0.1) is 0 Å². The zero-order valence-electron chi connectivity index (χ0n) is 13.3. The number of hydrogen-bond acceptors (Lipinski definition) is 2. The van der Waals surface area contributed by atoms with Crippen molar-refractivity contribution < 1.29 is 14.5 Å². The molecule has 0 aromatic rings. The van der Waals surface area contributed by atoms with E-state index in [1.165, 1.54) is 22.6 Å². The Balaban J connectivity index is 1.64. The summed E-state index contributed by atoms with van der Waals surface area (Å²) < 4.78 is 0. The summed E-state index contributed by atoms with van der Waals surface area (Å²) in [5.41, 5.74) is -0.577. The van der Waals surface area contributed by atoms with Crippen LogP contribution in [0.15, 0.2) is 0 Å². The molecule has 2 saturated heterocycles. The summed E-state index contributed by atoms with van der Waals surface area (Å²) >= 11 is 0. The molecule has 21 heavy (non-hydrogen) atoms. The number of nitrogens with zero attached hydrogens (tertiary/aromatic N) is 1. The fourth-order valence-corrected chi connectivity index (χ4v) is 3.97. The number of urea groups is 1. The van der Waals surface area contributed by atoms with Crippen molar-refractivity contribution in [1.82, 2.24) is 10.2 Å². The Kier molecular flexibility index (Phi) is 3.95. The predicted octanol–water partition coefficient (Wildman–Crippen LogP) is 0.759. The van der Waals surface area contributed by atoms with Crippen LogP contribution in [0.1, 0.15) is 52.4 Å². The molecule has 2 aliphatic heterocycles. The number of quaternary nitrogens is 1. The van der Waals surface area contributed by atoms with E-state index in [0.29, 0.717) is 12.6 Å². The molecule has 0 radical (unpaired) electrons. The largest absolute Gasteiger partial charge is 0.329 e. The topological polar surface area (TPSA) is 53.9 Å². The maximum Gasteiger partial charge on any atom is 0.329 e. The van der Waals surface area contributed by atoms with Gasteiger partial charge in [-0.05, 0) is 50.4 Å². The Morgan fingerprint density at radius 1 is 1.10 bits per heavy atom. The normalized spacial score (nSPS) is 40.7. The molecule has 2 N–H and O–H groups in total. The average molecular weight is 294 g/mol. The van der Waals surface area contributed by atoms with Crippen molar-refractivity contribution in [1.29, 1.82) is 0 Å². The van der Waals surface area contributed by atoms with E-state index < -0.39 is 5.54 Å². The summed E-state index contributed by atoms with van der Waals surface area (Å²) in [6.07, 6.45) is 6.08. The molecule has 3 fully saturated rings. The fraction of sp³-hybridized carbons (Fsp3) is 0.875. The molecule has 0 bridgehead atoms. The highest BCUT2D eigenvalue weighted by atomic mass is 16.2. The lowest BCUT2D eigenvalue weighted by atomic mass is 9.77. The van der Waals surface area contributed by atoms with Crippen molar-refractivity contribution in [2.75, 3.05) is 19.8 Å². The van der Waals surface area contributed by atoms with Gasteiger partial charge in [0.05, 0.1) is 13.1 Å². The average Bonchev–Trinajstić information content (AvgIpc) is 2.69. The van der Waals surface area contributed by atoms with Gasteiger partial charge in [0.15, 0.2) is 6.67 Å². The minimum absolute atomic E-state index is 0.0329. The van der Waals surface area contributed by atoms with E-state index in [1.54, 1.807) is 0 Å². The minimum atomic E-state index is -0.577. The summed E-state index contributed by atoms with van der Waals surface area (Å²) in [7, 11) is 0. The summed E-state index contributed by atoms with van der Waals surface area (Å²) in [5.74, 6) is 1.48. The molecule has 3 aliphatic rings. The summed E-state index contributed by atoms with van der Waals surface area (Å²) in [5, 5.41) is 3.01. The first-order valence-electron chi connectivity index (χ1n) is 8.48. The number of likely N-dealkylation sites (tertiary alicyclic amines) is 1. The van der Waals surface area contributed by atoms with Gasteiger partial charge in [0, 0.05) is 0 Å². The number of hydrogen-bond donors (Lipinski definition) is 2. The first-order chi connectivity index (χ1) is 10.00. The number of rotatable bonds is 2. The van der Waals surface area contributed by atoms with E-state index in [0.717, 1.165) is 44.7 Å². The second-order valence-electron chi connectivity index (χ2n) is 7.52. The summed E-state index contributed by atoms with van der Waals surface area (Å²) in [6.45, 7) is 7.20. The molecule has 0 aromatic heterocycles. The highest BCUT2D eigenvalue weighted by molar-refractivity contribution is 6.06. The lowest BCUT2D eigenvalue weighted by molar-refractivity contribution is -0.913. The van der Waals surface area contributed by atoms with Gasteiger partial charge in [0.1, 0.15) is 5.54 Å². The van der Waals surface area contributed by atoms with Crippen LogP contribution in [-0.4, -0.2) is 42.1 Å². The van der Waals surface area contributed by atoms with E-state index in [2.05, 4.69) is 19.2 Å². The number of amides is 3. The molecule has 5 heteroatoms. The third-order valence-corrected chi connectivity index (χ3v) is 5.74. The third kappa shape index (κ3) is 2.80. The van der Waals surface area contributed by atoms with Crippen molar-refractivity contribution >= 4 is 11.9 Å². The quantitative estimate of drug-likeness (QED) is 0.739. The van der Waals surface area contributed by atoms with Gasteiger partial charge in [-0.1, -0.05) is 13.8 Å². The van der Waals surface area contributed by atoms with E-state index in [4.69, 9.17) is 0 Å². The van der Waals surface area contributed by atoms with Crippen molar-refractivity contribution in [2.45, 2.75) is 57.9 Å². The Hall–Kier alpha value is -1.10. The van der Waals surface area contributed by atoms with Crippen LogP contribution >= 0.6 is 0 Å². The van der Waals surface area contributed by atoms with Crippen LogP contribution in [0.4, 0.5) is 4.79 Å². The number of piperidine rings is 1. The Labute approximate surface area is 127 Å². The van der Waals surface area contributed by atoms with Gasteiger partial charge in [0.2, 0.25) is 0 Å². The number of carbonyl (C=O) groups excluding carboxylic acids is 2. The molecule has 1 spiro atoms. The Bertz CT molecular complexity index is 421. The standard InChI is InChI=1S/C16H27N3O2/c1-12-3-7-16(8-4-12)14(20)19(15(21)17-16)11-18-9-5-13(2)6-10-18/h12-13H,3-11H2,1-2H3,(H,17,21)/p+1. The second kappa shape index (κ2) is 5.59. The molecular weight excluding hydrogens is 266 g/mol. The SMILES string of the molecule is CC1CC[NH+](CN2C(=O)NC3(CCC(C)CC3)C2=O)CC1. The van der Waals surface area contributed by atoms with Crippen LogP contribution in [0.25, 0.3) is 0 Å². The van der Waals surface area contributed by atoms with Crippen molar-refractivity contribution in [3.05, 3.63) is 0 Å². The molecule has 0 unspecified atom stereocenters. The van der Waals surface area contributed by atoms with Crippen LogP contribution in [0.2, 0.25) is 0 Å². The number of carbonyl (C=O) groups is 2. The van der Waals surface area contributed by atoms with Gasteiger partial charge < -0.3 is 10.2 Å². The van der Waals surface area contributed by atoms with Gasteiger partial charge in [-0.25, -0.2) is 9.69 Å². The monoisotopic (exact) mass is 294 g/mol. The van der Waals surface area contributed by atoms with Crippen LogP contribution < -0.4 is 10.2 Å². The molecule has 2 heterocycles. The molecule has 3 amide bonds. The first-order valence-corrected chi connectivity index (χ1v) is 8.48. The predicted molar refractivity (Wildman–Crippen MR) is 79.7 cm³/mol. The molecule has 5 nitrogen and oxygen atoms in total. The van der Waals surface area contributed by atoms with Crippen LogP contribution in [0.3, 0.4) is 0 Å². The molecule has 0 aromatic carbocycles. The van der Waals surface area contributed by atoms with Crippen LogP contribution in [0, 0.1) is 11.8 Å². The minimum Gasteiger partial charge on any atom is -0.323 e. The lowest BCUT2D eigenvalue weighted by Gasteiger charge is -2.34. The maximum absolute atomic E-state index is 12.8. The molecular formula is C16H28N3O2+. The van der Waals surface area contributed by atoms with Gasteiger partial charge >= 0.3 is 6.03 Å². The maximum atomic E-state index is 12.8. The van der Waals surface area contributed by atoms with Gasteiger partial charge in [-0.2, -0.15) is 0 Å². The smallest absolute Gasteiger partial charge is 0.323 e. The Morgan fingerprint density at radius 2 is 1.67 bits per heavy atom. The number of imide groups is 1. The van der Waals surface area contributed by atoms with E-state index in [1.807, 2.05) is 0 Å². The second-order valence-corrected chi connectivity index (χ2v) is 7.52. The van der Waals surface area contributed by atoms with Crippen LogP contribution in [-0.2, 0) is 4.79 Å². The Morgan fingerprint density at radius 3 is 2.29 bits per heavy atom. The summed E-state index contributed by atoms with van der Waals surface area (Å²) in [6, 6.07) is -0.166. The molecule has 1 aliphatic carbocycles. The highest BCUT2D eigenvalue weighted by Gasteiger charge is 2.53. The van der Waals surface area contributed by atoms with Gasteiger partial charge in [0.25, 0.3) is 5.91 Å². The van der Waals surface area contributed by atoms with E-state index in [9.17, 15) is 9.59 Å². The molecule has 3 rings (SSSR count). The summed E-state index contributed by atoms with van der Waals surface area (Å²) in [4.78, 5) is 27.9. The number of nitrogens with one attached hydrogen (secondary N) is 2. The van der Waals surface area contributed by atoms with Crippen molar-refractivity contribution in [2.24, 2.45) is 11.8 Å². The fourth-order valence-electron chi connectivity index (χ4n) is 3.97. The van der Waals surface area contributed by atoms with Crippen molar-refractivity contribution in [3.8, 4) is 0 Å². The first kappa shape index (κ1) is 14.8. The lowest BCUT2D eigenvalue weighted by Crippen LogP contribution is -3.14.